The van der Waals surface area contributed by atoms with Crippen LogP contribution in [-0.2, 0) is 17.8 Å². The Morgan fingerprint density at radius 1 is 1.36 bits per heavy atom. The van der Waals surface area contributed by atoms with E-state index in [1.165, 1.54) is 7.11 Å². The lowest BCUT2D eigenvalue weighted by atomic mass is 10.1. The molecule has 0 spiro atoms. The third-order valence-electron chi connectivity index (χ3n) is 4.41. The minimum Gasteiger partial charge on any atom is -0.495 e. The van der Waals surface area contributed by atoms with Crippen LogP contribution in [0.5, 0.6) is 5.75 Å². The van der Waals surface area contributed by atoms with Gasteiger partial charge in [-0.2, -0.15) is 5.10 Å². The molecule has 1 aromatic carbocycles. The minimum absolute atomic E-state index is 0. The van der Waals surface area contributed by atoms with Crippen LogP contribution in [-0.4, -0.2) is 42.2 Å². The van der Waals surface area contributed by atoms with E-state index in [2.05, 4.69) is 26.1 Å². The maximum Gasteiger partial charge on any atom is 0.272 e. The summed E-state index contributed by atoms with van der Waals surface area (Å²) in [6.45, 7) is 3.53. The average molecular weight is 428 g/mol. The average Bonchev–Trinajstić information content (AvgIpc) is 3.08. The standard InChI is InChI=1S/C18H22ClN5O3.ClH/c1-10-7-14(15(27-2)8-12(10)19)22-16(25)4-6-21-18(26)17-11-9-20-5-3-13(11)23-24-17;/h7-8,20H,3-6,9H2,1-2H3,(H,21,26)(H,22,25)(H,23,24);1H. The van der Waals surface area contributed by atoms with E-state index in [-0.39, 0.29) is 37.2 Å². The van der Waals surface area contributed by atoms with Gasteiger partial charge in [-0.25, -0.2) is 0 Å². The summed E-state index contributed by atoms with van der Waals surface area (Å²) < 4.78 is 5.24. The number of aryl methyl sites for hydroxylation is 1. The lowest BCUT2D eigenvalue weighted by Gasteiger charge is -2.13. The number of carbonyl (C=O) groups is 2. The van der Waals surface area contributed by atoms with Crippen LogP contribution < -0.4 is 20.7 Å². The number of anilines is 1. The Bertz CT molecular complexity index is 869. The first-order valence-corrected chi connectivity index (χ1v) is 9.06. The number of H-pyrrole nitrogens is 1. The van der Waals surface area contributed by atoms with Crippen LogP contribution in [0.15, 0.2) is 12.1 Å². The van der Waals surface area contributed by atoms with Gasteiger partial charge in [0.2, 0.25) is 5.91 Å². The Balaban J connectivity index is 0.00000280. The van der Waals surface area contributed by atoms with Crippen molar-refractivity contribution in [1.29, 1.82) is 0 Å². The van der Waals surface area contributed by atoms with Gasteiger partial charge >= 0.3 is 0 Å². The number of hydrogen-bond donors (Lipinski definition) is 4. The second kappa shape index (κ2) is 9.77. The van der Waals surface area contributed by atoms with Crippen molar-refractivity contribution in [2.75, 3.05) is 25.5 Å². The molecule has 3 rings (SSSR count). The summed E-state index contributed by atoms with van der Waals surface area (Å²) in [5.74, 6) is -0.0383. The van der Waals surface area contributed by atoms with Crippen molar-refractivity contribution in [1.82, 2.24) is 20.8 Å². The van der Waals surface area contributed by atoms with Crippen molar-refractivity contribution < 1.29 is 14.3 Å². The summed E-state index contributed by atoms with van der Waals surface area (Å²) in [7, 11) is 1.51. The van der Waals surface area contributed by atoms with Crippen molar-refractivity contribution in [3.8, 4) is 5.75 Å². The van der Waals surface area contributed by atoms with Crippen LogP contribution in [0, 0.1) is 6.92 Å². The fourth-order valence-corrected chi connectivity index (χ4v) is 3.08. The Labute approximate surface area is 174 Å². The van der Waals surface area contributed by atoms with Crippen molar-refractivity contribution in [2.24, 2.45) is 0 Å². The van der Waals surface area contributed by atoms with Gasteiger partial charge in [0.05, 0.1) is 12.8 Å². The highest BCUT2D eigenvalue weighted by molar-refractivity contribution is 6.31. The molecule has 0 fully saturated rings. The number of carbonyl (C=O) groups excluding carboxylic acids is 2. The van der Waals surface area contributed by atoms with E-state index in [0.29, 0.717) is 28.7 Å². The van der Waals surface area contributed by atoms with E-state index in [1.54, 1.807) is 12.1 Å². The number of amides is 2. The van der Waals surface area contributed by atoms with Gasteiger partial charge in [-0.3, -0.25) is 14.7 Å². The Hall–Kier alpha value is -2.29. The molecule has 2 amide bonds. The predicted octanol–water partition coefficient (Wildman–Crippen LogP) is 2.21. The number of ether oxygens (including phenoxy) is 1. The third-order valence-corrected chi connectivity index (χ3v) is 4.82. The van der Waals surface area contributed by atoms with Crippen molar-refractivity contribution in [2.45, 2.75) is 26.3 Å². The molecule has 0 bridgehead atoms. The molecule has 0 unspecified atom stereocenters. The second-order valence-corrected chi connectivity index (χ2v) is 6.72. The number of benzene rings is 1. The first-order valence-electron chi connectivity index (χ1n) is 8.68. The van der Waals surface area contributed by atoms with Crippen LogP contribution >= 0.6 is 24.0 Å². The van der Waals surface area contributed by atoms with Crippen LogP contribution in [0.2, 0.25) is 5.02 Å². The number of nitrogens with zero attached hydrogens (tertiary/aromatic N) is 1. The van der Waals surface area contributed by atoms with Crippen LogP contribution in [0.1, 0.15) is 33.7 Å². The molecule has 8 nitrogen and oxygen atoms in total. The molecule has 0 aliphatic carbocycles. The van der Waals surface area contributed by atoms with Crippen molar-refractivity contribution in [3.05, 3.63) is 39.7 Å². The van der Waals surface area contributed by atoms with Crippen LogP contribution in [0.25, 0.3) is 0 Å². The topological polar surface area (TPSA) is 108 Å². The molecule has 0 atom stereocenters. The van der Waals surface area contributed by atoms with Crippen molar-refractivity contribution >= 4 is 41.5 Å². The Morgan fingerprint density at radius 2 is 2.14 bits per heavy atom. The van der Waals surface area contributed by atoms with Crippen LogP contribution in [0.3, 0.4) is 0 Å². The number of rotatable bonds is 6. The number of nitrogens with one attached hydrogen (secondary N) is 4. The molecular weight excluding hydrogens is 405 g/mol. The quantitative estimate of drug-likeness (QED) is 0.564. The minimum atomic E-state index is -0.288. The fraction of sp³-hybridized carbons (Fsp3) is 0.389. The monoisotopic (exact) mass is 427 g/mol. The molecule has 4 N–H and O–H groups in total. The van der Waals surface area contributed by atoms with Gasteiger partial charge in [0, 0.05) is 54.8 Å². The molecule has 2 heterocycles. The SMILES string of the molecule is COc1cc(Cl)c(C)cc1NC(=O)CCNC(=O)c1n[nH]c2c1CNCC2.Cl. The van der Waals surface area contributed by atoms with Gasteiger partial charge in [-0.05, 0) is 18.6 Å². The molecule has 0 saturated heterocycles. The smallest absolute Gasteiger partial charge is 0.272 e. The molecule has 28 heavy (non-hydrogen) atoms. The van der Waals surface area contributed by atoms with E-state index in [1.807, 2.05) is 6.92 Å². The molecule has 152 valence electrons. The first-order chi connectivity index (χ1) is 13.0. The molecule has 0 radical (unpaired) electrons. The lowest BCUT2D eigenvalue weighted by Crippen LogP contribution is -2.30. The summed E-state index contributed by atoms with van der Waals surface area (Å²) in [5.41, 5.74) is 3.64. The third kappa shape index (κ3) is 4.95. The highest BCUT2D eigenvalue weighted by atomic mass is 35.5. The molecule has 10 heteroatoms. The number of hydrogen-bond acceptors (Lipinski definition) is 5. The first kappa shape index (κ1) is 22.0. The Kier molecular flexibility index (Phi) is 7.68. The highest BCUT2D eigenvalue weighted by Gasteiger charge is 2.21. The summed E-state index contributed by atoms with van der Waals surface area (Å²) in [4.78, 5) is 24.5. The lowest BCUT2D eigenvalue weighted by molar-refractivity contribution is -0.116. The number of aromatic amines is 1. The zero-order chi connectivity index (χ0) is 19.4. The molecule has 0 saturated carbocycles. The van der Waals surface area contributed by atoms with E-state index >= 15 is 0 Å². The normalized spacial score (nSPS) is 12.5. The van der Waals surface area contributed by atoms with E-state index in [0.717, 1.165) is 29.8 Å². The summed E-state index contributed by atoms with van der Waals surface area (Å²) in [6, 6.07) is 3.41. The summed E-state index contributed by atoms with van der Waals surface area (Å²) >= 11 is 6.07. The predicted molar refractivity (Wildman–Crippen MR) is 110 cm³/mol. The highest BCUT2D eigenvalue weighted by Crippen LogP contribution is 2.30. The van der Waals surface area contributed by atoms with Gasteiger partial charge in [-0.1, -0.05) is 11.6 Å². The number of methoxy groups -OCH3 is 1. The van der Waals surface area contributed by atoms with Crippen molar-refractivity contribution in [3.63, 3.8) is 0 Å². The molecule has 1 aliphatic heterocycles. The zero-order valence-corrected chi connectivity index (χ0v) is 17.2. The maximum absolute atomic E-state index is 12.3. The summed E-state index contributed by atoms with van der Waals surface area (Å²) in [6.07, 6.45) is 0.946. The maximum atomic E-state index is 12.3. The number of aromatic nitrogens is 2. The van der Waals surface area contributed by atoms with E-state index in [4.69, 9.17) is 16.3 Å². The van der Waals surface area contributed by atoms with Gasteiger partial charge < -0.3 is 20.7 Å². The van der Waals surface area contributed by atoms with Gasteiger partial charge in [0.25, 0.3) is 5.91 Å². The zero-order valence-electron chi connectivity index (χ0n) is 15.6. The number of halogens is 2. The van der Waals surface area contributed by atoms with E-state index in [9.17, 15) is 9.59 Å². The van der Waals surface area contributed by atoms with E-state index < -0.39 is 0 Å². The largest absolute Gasteiger partial charge is 0.495 e. The molecule has 1 aromatic heterocycles. The summed E-state index contributed by atoms with van der Waals surface area (Å²) in [5, 5.41) is 16.3. The molecule has 2 aromatic rings. The molecular formula is C18H23Cl2N5O3. The fourth-order valence-electron chi connectivity index (χ4n) is 2.93. The molecule has 1 aliphatic rings. The van der Waals surface area contributed by atoms with Gasteiger partial charge in [-0.15, -0.1) is 12.4 Å². The number of fused-ring (bicyclic) bond motifs is 1. The van der Waals surface area contributed by atoms with Gasteiger partial charge in [0.15, 0.2) is 5.69 Å². The van der Waals surface area contributed by atoms with Gasteiger partial charge in [0.1, 0.15) is 5.75 Å². The Morgan fingerprint density at radius 3 is 2.89 bits per heavy atom. The second-order valence-electron chi connectivity index (χ2n) is 6.31. The van der Waals surface area contributed by atoms with Crippen LogP contribution in [0.4, 0.5) is 5.69 Å².